The molecule has 1 unspecified atom stereocenters. The molecular formula is C22H34BrFN2O3. The van der Waals surface area contributed by atoms with Crippen LogP contribution in [0.5, 0.6) is 5.75 Å². The summed E-state index contributed by atoms with van der Waals surface area (Å²) in [5.41, 5.74) is -0.455. The van der Waals surface area contributed by atoms with Crippen LogP contribution in [0.2, 0.25) is 0 Å². The van der Waals surface area contributed by atoms with Gasteiger partial charge in [0.15, 0.2) is 0 Å². The van der Waals surface area contributed by atoms with Crippen LogP contribution in [0, 0.1) is 5.82 Å². The fraction of sp³-hybridized carbons (Fsp3) is 0.682. The second-order valence-corrected chi connectivity index (χ2v) is 9.52. The van der Waals surface area contributed by atoms with Crippen LogP contribution in [0.1, 0.15) is 53.4 Å². The summed E-state index contributed by atoms with van der Waals surface area (Å²) in [7, 11) is 0. The first kappa shape index (κ1) is 23.9. The van der Waals surface area contributed by atoms with E-state index in [9.17, 15) is 9.18 Å². The molecule has 0 spiro atoms. The number of rotatable bonds is 8. The van der Waals surface area contributed by atoms with Crippen molar-refractivity contribution >= 4 is 22.0 Å². The predicted octanol–water partition coefficient (Wildman–Crippen LogP) is 5.47. The summed E-state index contributed by atoms with van der Waals surface area (Å²) in [4.78, 5) is 16.5. The molecule has 7 heteroatoms. The maximum absolute atomic E-state index is 13.4. The molecule has 2 rings (SSSR count). The normalized spacial score (nSPS) is 18.0. The molecule has 0 radical (unpaired) electrons. The van der Waals surface area contributed by atoms with Crippen molar-refractivity contribution < 1.29 is 18.7 Å². The Labute approximate surface area is 182 Å². The molecule has 0 bridgehead atoms. The van der Waals surface area contributed by atoms with E-state index in [1.165, 1.54) is 6.07 Å². The van der Waals surface area contributed by atoms with E-state index in [0.29, 0.717) is 23.4 Å². The molecule has 1 heterocycles. The zero-order valence-corrected chi connectivity index (χ0v) is 19.6. The first-order valence-electron chi connectivity index (χ1n) is 10.5. The van der Waals surface area contributed by atoms with Crippen molar-refractivity contribution in [3.63, 3.8) is 0 Å². The van der Waals surface area contributed by atoms with Crippen molar-refractivity contribution in [3.05, 3.63) is 28.5 Å². The van der Waals surface area contributed by atoms with Crippen molar-refractivity contribution in [2.75, 3.05) is 32.8 Å². The van der Waals surface area contributed by atoms with Crippen LogP contribution in [-0.4, -0.2) is 60.3 Å². The Balaban J connectivity index is 1.56. The molecular weight excluding hydrogens is 439 g/mol. The Morgan fingerprint density at radius 2 is 1.93 bits per heavy atom. The highest BCUT2D eigenvalue weighted by Crippen LogP contribution is 2.21. The van der Waals surface area contributed by atoms with Crippen molar-refractivity contribution in [2.24, 2.45) is 0 Å². The number of hydrogen-bond acceptors (Lipinski definition) is 4. The Morgan fingerprint density at radius 1 is 1.21 bits per heavy atom. The van der Waals surface area contributed by atoms with E-state index in [1.807, 2.05) is 25.7 Å². The van der Waals surface area contributed by atoms with Crippen molar-refractivity contribution in [3.8, 4) is 5.75 Å². The van der Waals surface area contributed by atoms with Gasteiger partial charge in [0.1, 0.15) is 17.2 Å². The number of amides is 1. The standard InChI is InChI=1S/C22H34BrFN2O3/c1-17-16-25(12-13-26(17)21(27)29-22(2,3)4)11-7-5-6-8-14-28-18-9-10-19(23)20(24)15-18/h9-10,15,17H,5-8,11-14,16H2,1-4H3. The SMILES string of the molecule is CC1CN(CCCCCCOc2ccc(Br)c(F)c2)CCN1C(=O)OC(C)(C)C. The average molecular weight is 473 g/mol. The van der Waals surface area contributed by atoms with E-state index in [4.69, 9.17) is 9.47 Å². The average Bonchev–Trinajstić information content (AvgIpc) is 2.62. The number of unbranched alkanes of at least 4 members (excludes halogenated alkanes) is 3. The number of halogens is 2. The van der Waals surface area contributed by atoms with Gasteiger partial charge in [-0.2, -0.15) is 0 Å². The van der Waals surface area contributed by atoms with Gasteiger partial charge in [-0.25, -0.2) is 9.18 Å². The van der Waals surface area contributed by atoms with Crippen LogP contribution < -0.4 is 4.74 Å². The molecule has 1 aliphatic heterocycles. The molecule has 1 aromatic carbocycles. The van der Waals surface area contributed by atoms with Crippen LogP contribution in [0.3, 0.4) is 0 Å². The van der Waals surface area contributed by atoms with Gasteiger partial charge in [-0.05, 0) is 75.1 Å². The largest absolute Gasteiger partial charge is 0.493 e. The van der Waals surface area contributed by atoms with Crippen molar-refractivity contribution in [2.45, 2.75) is 65.0 Å². The van der Waals surface area contributed by atoms with Crippen LogP contribution in [0.4, 0.5) is 9.18 Å². The Kier molecular flexibility index (Phi) is 9.21. The summed E-state index contributed by atoms with van der Waals surface area (Å²) in [6.45, 7) is 11.9. The fourth-order valence-electron chi connectivity index (χ4n) is 3.38. The Bertz CT molecular complexity index is 666. The summed E-state index contributed by atoms with van der Waals surface area (Å²) in [5, 5.41) is 0. The van der Waals surface area contributed by atoms with Gasteiger partial charge in [0.05, 0.1) is 11.1 Å². The van der Waals surface area contributed by atoms with E-state index < -0.39 is 5.60 Å². The quantitative estimate of drug-likeness (QED) is 0.470. The minimum atomic E-state index is -0.455. The second-order valence-electron chi connectivity index (χ2n) is 8.66. The van der Waals surface area contributed by atoms with E-state index in [1.54, 1.807) is 12.1 Å². The monoisotopic (exact) mass is 472 g/mol. The van der Waals surface area contributed by atoms with Gasteiger partial charge < -0.3 is 14.4 Å². The van der Waals surface area contributed by atoms with E-state index >= 15 is 0 Å². The summed E-state index contributed by atoms with van der Waals surface area (Å²) in [6, 6.07) is 5.00. The highest BCUT2D eigenvalue weighted by Gasteiger charge is 2.30. The van der Waals surface area contributed by atoms with Crippen LogP contribution in [0.15, 0.2) is 22.7 Å². The number of piperazine rings is 1. The fourth-order valence-corrected chi connectivity index (χ4v) is 3.62. The minimum absolute atomic E-state index is 0.165. The van der Waals surface area contributed by atoms with Gasteiger partial charge in [-0.15, -0.1) is 0 Å². The molecule has 164 valence electrons. The second kappa shape index (κ2) is 11.2. The lowest BCUT2D eigenvalue weighted by Crippen LogP contribution is -2.55. The molecule has 1 fully saturated rings. The van der Waals surface area contributed by atoms with Crippen LogP contribution in [-0.2, 0) is 4.74 Å². The maximum atomic E-state index is 13.4. The van der Waals surface area contributed by atoms with Crippen molar-refractivity contribution in [1.29, 1.82) is 0 Å². The lowest BCUT2D eigenvalue weighted by Gasteiger charge is -2.40. The number of nitrogens with zero attached hydrogens (tertiary/aromatic N) is 2. The van der Waals surface area contributed by atoms with Crippen molar-refractivity contribution in [1.82, 2.24) is 9.80 Å². The summed E-state index contributed by atoms with van der Waals surface area (Å²) in [5.74, 6) is 0.269. The lowest BCUT2D eigenvalue weighted by molar-refractivity contribution is 0.00134. The van der Waals surface area contributed by atoms with E-state index in [-0.39, 0.29) is 18.0 Å². The molecule has 0 aliphatic carbocycles. The number of ether oxygens (including phenoxy) is 2. The number of hydrogen-bond donors (Lipinski definition) is 0. The number of benzene rings is 1. The molecule has 1 aliphatic rings. The number of carbonyl (C=O) groups excluding carboxylic acids is 1. The Morgan fingerprint density at radius 3 is 2.59 bits per heavy atom. The van der Waals surface area contributed by atoms with E-state index in [0.717, 1.165) is 45.3 Å². The summed E-state index contributed by atoms with van der Waals surface area (Å²) >= 11 is 3.14. The molecule has 0 saturated carbocycles. The zero-order chi connectivity index (χ0) is 21.4. The molecule has 1 saturated heterocycles. The molecule has 0 aromatic heterocycles. The number of carbonyl (C=O) groups is 1. The lowest BCUT2D eigenvalue weighted by atomic mass is 10.1. The zero-order valence-electron chi connectivity index (χ0n) is 18.0. The third-order valence-corrected chi connectivity index (χ3v) is 5.51. The molecule has 1 atom stereocenters. The third-order valence-electron chi connectivity index (χ3n) is 4.87. The minimum Gasteiger partial charge on any atom is -0.493 e. The van der Waals surface area contributed by atoms with E-state index in [2.05, 4.69) is 27.8 Å². The first-order chi connectivity index (χ1) is 13.7. The topological polar surface area (TPSA) is 42.0 Å². The molecule has 1 amide bonds. The molecule has 1 aromatic rings. The third kappa shape index (κ3) is 8.51. The molecule has 5 nitrogen and oxygen atoms in total. The highest BCUT2D eigenvalue weighted by atomic mass is 79.9. The molecule has 0 N–H and O–H groups in total. The first-order valence-corrected chi connectivity index (χ1v) is 11.2. The van der Waals surface area contributed by atoms with Gasteiger partial charge in [0.25, 0.3) is 0 Å². The molecule has 29 heavy (non-hydrogen) atoms. The van der Waals surface area contributed by atoms with Crippen LogP contribution in [0.25, 0.3) is 0 Å². The van der Waals surface area contributed by atoms with Gasteiger partial charge in [0, 0.05) is 31.7 Å². The summed E-state index contributed by atoms with van der Waals surface area (Å²) < 4.78 is 25.0. The van der Waals surface area contributed by atoms with Crippen LogP contribution >= 0.6 is 15.9 Å². The van der Waals surface area contributed by atoms with Gasteiger partial charge in [0.2, 0.25) is 0 Å². The predicted molar refractivity (Wildman–Crippen MR) is 117 cm³/mol. The Hall–Kier alpha value is -1.34. The summed E-state index contributed by atoms with van der Waals surface area (Å²) in [6.07, 6.45) is 4.10. The smallest absolute Gasteiger partial charge is 0.410 e. The van der Waals surface area contributed by atoms with Gasteiger partial charge in [-0.3, -0.25) is 4.90 Å². The van der Waals surface area contributed by atoms with Gasteiger partial charge in [-0.1, -0.05) is 12.8 Å². The highest BCUT2D eigenvalue weighted by molar-refractivity contribution is 9.10. The maximum Gasteiger partial charge on any atom is 0.410 e. The van der Waals surface area contributed by atoms with Gasteiger partial charge >= 0.3 is 6.09 Å².